The van der Waals surface area contributed by atoms with Crippen molar-refractivity contribution in [1.29, 1.82) is 0 Å². The van der Waals surface area contributed by atoms with Crippen molar-refractivity contribution in [2.75, 3.05) is 5.32 Å². The molecular formula is C22H32N2Si. The van der Waals surface area contributed by atoms with E-state index in [4.69, 9.17) is 4.66 Å². The molecule has 0 bridgehead atoms. The number of nitrogens with one attached hydrogen (secondary N) is 1. The average Bonchev–Trinajstić information content (AvgIpc) is 2.53. The molecule has 134 valence electrons. The van der Waals surface area contributed by atoms with Gasteiger partial charge in [0.25, 0.3) is 0 Å². The van der Waals surface area contributed by atoms with Gasteiger partial charge in [0.2, 0.25) is 0 Å². The summed E-state index contributed by atoms with van der Waals surface area (Å²) in [5.41, 5.74) is 5.09. The summed E-state index contributed by atoms with van der Waals surface area (Å²) in [6.07, 6.45) is 0. The van der Waals surface area contributed by atoms with Crippen molar-refractivity contribution < 1.29 is 0 Å². The minimum absolute atomic E-state index is 0.463. The van der Waals surface area contributed by atoms with Crippen LogP contribution in [0.3, 0.4) is 0 Å². The van der Waals surface area contributed by atoms with Crippen LogP contribution in [0.25, 0.3) is 0 Å². The molecule has 0 heterocycles. The van der Waals surface area contributed by atoms with Gasteiger partial charge in [-0.25, -0.2) is 0 Å². The van der Waals surface area contributed by atoms with Crippen molar-refractivity contribution >= 4 is 19.8 Å². The minimum atomic E-state index is -1.62. The largest absolute Gasteiger partial charge is 0.340 e. The van der Waals surface area contributed by atoms with Gasteiger partial charge in [0.15, 0.2) is 8.24 Å². The van der Waals surface area contributed by atoms with E-state index in [0.29, 0.717) is 11.8 Å². The van der Waals surface area contributed by atoms with Gasteiger partial charge < -0.3 is 9.97 Å². The highest BCUT2D eigenvalue weighted by atomic mass is 28.3. The molecule has 3 heteroatoms. The fourth-order valence-electron chi connectivity index (χ4n) is 2.91. The Morgan fingerprint density at radius 3 is 1.76 bits per heavy atom. The van der Waals surface area contributed by atoms with Gasteiger partial charge in [-0.1, -0.05) is 76.2 Å². The number of rotatable bonds is 5. The predicted molar refractivity (Wildman–Crippen MR) is 115 cm³/mol. The first-order chi connectivity index (χ1) is 11.7. The second-order valence-electron chi connectivity index (χ2n) is 8.24. The van der Waals surface area contributed by atoms with Crippen LogP contribution >= 0.6 is 0 Å². The van der Waals surface area contributed by atoms with Gasteiger partial charge in [-0.2, -0.15) is 0 Å². The van der Waals surface area contributed by atoms with Gasteiger partial charge in [0, 0.05) is 11.3 Å². The highest BCUT2D eigenvalue weighted by Gasteiger charge is 2.19. The van der Waals surface area contributed by atoms with Crippen LogP contribution in [0, 0.1) is 0 Å². The molecule has 0 spiro atoms. The highest BCUT2D eigenvalue weighted by molar-refractivity contribution is 6.75. The topological polar surface area (TPSA) is 24.4 Å². The molecule has 0 aliphatic rings. The predicted octanol–water partition coefficient (Wildman–Crippen LogP) is 6.63. The van der Waals surface area contributed by atoms with Crippen LogP contribution < -0.4 is 5.32 Å². The molecule has 0 fully saturated rings. The van der Waals surface area contributed by atoms with Gasteiger partial charge in [-0.05, 0) is 42.6 Å². The Hall–Kier alpha value is -1.87. The van der Waals surface area contributed by atoms with Crippen molar-refractivity contribution in [2.24, 2.45) is 4.66 Å². The van der Waals surface area contributed by atoms with E-state index in [1.165, 1.54) is 16.8 Å². The minimum Gasteiger partial charge on any atom is -0.340 e. The Morgan fingerprint density at radius 1 is 0.800 bits per heavy atom. The Morgan fingerprint density at radius 2 is 1.32 bits per heavy atom. The van der Waals surface area contributed by atoms with Crippen LogP contribution in [0.2, 0.25) is 19.6 Å². The summed E-state index contributed by atoms with van der Waals surface area (Å²) in [5.74, 6) is 1.92. The molecular weight excluding hydrogens is 320 g/mol. The van der Waals surface area contributed by atoms with Crippen LogP contribution in [0.4, 0.5) is 5.69 Å². The van der Waals surface area contributed by atoms with E-state index in [1.54, 1.807) is 0 Å². The second kappa shape index (κ2) is 8.00. The molecule has 2 aromatic rings. The maximum absolute atomic E-state index is 5.12. The van der Waals surface area contributed by atoms with Crippen LogP contribution in [0.1, 0.15) is 56.2 Å². The van der Waals surface area contributed by atoms with Gasteiger partial charge in [0.05, 0.1) is 0 Å². The third-order valence-corrected chi connectivity index (χ3v) is 5.01. The number of amidine groups is 1. The molecule has 2 nitrogen and oxygen atoms in total. The summed E-state index contributed by atoms with van der Waals surface area (Å²) in [4.78, 5) is 0. The maximum Gasteiger partial charge on any atom is 0.175 e. The summed E-state index contributed by atoms with van der Waals surface area (Å²) in [7, 11) is -1.62. The monoisotopic (exact) mass is 352 g/mol. The van der Waals surface area contributed by atoms with Crippen molar-refractivity contribution in [2.45, 2.75) is 59.2 Å². The lowest BCUT2D eigenvalue weighted by Crippen LogP contribution is -2.25. The zero-order valence-corrected chi connectivity index (χ0v) is 17.7. The summed E-state index contributed by atoms with van der Waals surface area (Å²) < 4.78 is 5.12. The maximum atomic E-state index is 5.12. The van der Waals surface area contributed by atoms with Gasteiger partial charge in [0.1, 0.15) is 5.84 Å². The molecule has 0 aromatic heterocycles. The molecule has 0 amide bonds. The number of benzene rings is 2. The molecule has 0 radical (unpaired) electrons. The lowest BCUT2D eigenvalue weighted by Gasteiger charge is -2.23. The molecule has 0 aliphatic carbocycles. The van der Waals surface area contributed by atoms with E-state index in [9.17, 15) is 0 Å². The van der Waals surface area contributed by atoms with Gasteiger partial charge in [-0.3, -0.25) is 0 Å². The Bertz CT molecular complexity index is 699. The molecule has 1 N–H and O–H groups in total. The molecule has 0 unspecified atom stereocenters. The molecule has 2 aromatic carbocycles. The molecule has 2 rings (SSSR count). The Kier molecular flexibility index (Phi) is 6.23. The van der Waals surface area contributed by atoms with Crippen molar-refractivity contribution in [3.05, 3.63) is 65.2 Å². The van der Waals surface area contributed by atoms with Crippen LogP contribution in [-0.2, 0) is 0 Å². The quantitative estimate of drug-likeness (QED) is 0.364. The van der Waals surface area contributed by atoms with Gasteiger partial charge in [-0.15, -0.1) is 0 Å². The van der Waals surface area contributed by atoms with E-state index in [0.717, 1.165) is 11.4 Å². The third kappa shape index (κ3) is 5.30. The van der Waals surface area contributed by atoms with Crippen LogP contribution in [0.5, 0.6) is 0 Å². The summed E-state index contributed by atoms with van der Waals surface area (Å²) in [6.45, 7) is 15.8. The fourth-order valence-corrected chi connectivity index (χ4v) is 3.77. The van der Waals surface area contributed by atoms with Crippen LogP contribution in [-0.4, -0.2) is 14.1 Å². The lowest BCUT2D eigenvalue weighted by molar-refractivity contribution is 0.839. The fraction of sp³-hybridized carbons (Fsp3) is 0.409. The van der Waals surface area contributed by atoms with Crippen LogP contribution in [0.15, 0.2) is 53.2 Å². The summed E-state index contributed by atoms with van der Waals surface area (Å²) in [5, 5.41) is 3.74. The number of anilines is 1. The number of para-hydroxylation sites is 1. The summed E-state index contributed by atoms with van der Waals surface area (Å²) in [6, 6.07) is 17.1. The van der Waals surface area contributed by atoms with E-state index in [2.05, 4.69) is 101 Å². The molecule has 0 saturated carbocycles. The second-order valence-corrected chi connectivity index (χ2v) is 12.8. The van der Waals surface area contributed by atoms with E-state index < -0.39 is 8.24 Å². The van der Waals surface area contributed by atoms with Crippen molar-refractivity contribution in [3.8, 4) is 0 Å². The van der Waals surface area contributed by atoms with Crippen molar-refractivity contribution in [3.63, 3.8) is 0 Å². The van der Waals surface area contributed by atoms with Gasteiger partial charge >= 0.3 is 0 Å². The highest BCUT2D eigenvalue weighted by Crippen LogP contribution is 2.33. The van der Waals surface area contributed by atoms with E-state index >= 15 is 0 Å². The number of hydrogen-bond donors (Lipinski definition) is 1. The molecule has 0 saturated heterocycles. The number of nitrogens with zero attached hydrogens (tertiary/aromatic N) is 1. The number of hydrogen-bond acceptors (Lipinski definition) is 1. The molecule has 0 atom stereocenters. The first-order valence-corrected chi connectivity index (χ1v) is 12.7. The van der Waals surface area contributed by atoms with E-state index in [-0.39, 0.29) is 0 Å². The zero-order valence-electron chi connectivity index (χ0n) is 16.7. The normalized spacial score (nSPS) is 12.8. The smallest absolute Gasteiger partial charge is 0.175 e. The molecule has 0 aliphatic heterocycles. The third-order valence-electron chi connectivity index (χ3n) is 4.11. The first kappa shape index (κ1) is 19.5. The van der Waals surface area contributed by atoms with Crippen molar-refractivity contribution in [1.82, 2.24) is 0 Å². The first-order valence-electron chi connectivity index (χ1n) is 9.24. The Balaban J connectivity index is 2.58. The van der Waals surface area contributed by atoms with E-state index in [1.807, 2.05) is 0 Å². The summed E-state index contributed by atoms with van der Waals surface area (Å²) >= 11 is 0. The molecule has 25 heavy (non-hydrogen) atoms. The average molecular weight is 353 g/mol. The zero-order chi connectivity index (χ0) is 18.6. The SMILES string of the molecule is CC(C)c1cccc(C(C)C)c1N/C(=N/[Si](C)(C)C)c1ccccc1. The standard InChI is InChI=1S/C22H32N2Si/c1-16(2)19-14-11-15-20(17(3)4)21(19)23-22(24-25(5,6)7)18-12-9-8-10-13-18/h8-17H,1-7H3,(H,23,24). The Labute approximate surface area is 154 Å². The lowest BCUT2D eigenvalue weighted by atomic mass is 9.92.